The van der Waals surface area contributed by atoms with Crippen molar-refractivity contribution in [3.8, 4) is 0 Å². The van der Waals surface area contributed by atoms with Gasteiger partial charge in [0.05, 0.1) is 16.7 Å². The summed E-state index contributed by atoms with van der Waals surface area (Å²) in [7, 11) is 3.57. The Balaban J connectivity index is 2.31. The first kappa shape index (κ1) is 13.0. The predicted molar refractivity (Wildman–Crippen MR) is 72.0 cm³/mol. The summed E-state index contributed by atoms with van der Waals surface area (Å²) in [5.74, 6) is -0.0588. The molecule has 2 aromatic rings. The Labute approximate surface area is 110 Å². The molecule has 2 heterocycles. The highest BCUT2D eigenvalue weighted by Crippen LogP contribution is 2.28. The Morgan fingerprint density at radius 3 is 2.89 bits per heavy atom. The van der Waals surface area contributed by atoms with Crippen molar-refractivity contribution < 1.29 is 9.90 Å². The average molecular weight is 267 g/mol. The van der Waals surface area contributed by atoms with E-state index >= 15 is 0 Å². The lowest BCUT2D eigenvalue weighted by Crippen LogP contribution is -2.32. The third kappa shape index (κ3) is 2.26. The first-order valence-electron chi connectivity index (χ1n) is 5.76. The standard InChI is InChI=1S/C12H17N3O2S/c1-7(16)6-14(3)11(17)10-5-9-8(2)13-15(4)12(9)18-10/h5,7,16H,6H2,1-4H3. The van der Waals surface area contributed by atoms with E-state index < -0.39 is 6.10 Å². The Morgan fingerprint density at radius 1 is 1.67 bits per heavy atom. The van der Waals surface area contributed by atoms with E-state index in [1.807, 2.05) is 20.0 Å². The molecule has 1 unspecified atom stereocenters. The minimum Gasteiger partial charge on any atom is -0.392 e. The number of thiophene rings is 1. The smallest absolute Gasteiger partial charge is 0.263 e. The second kappa shape index (κ2) is 4.70. The molecule has 0 saturated heterocycles. The molecule has 1 atom stereocenters. The monoisotopic (exact) mass is 267 g/mol. The summed E-state index contributed by atoms with van der Waals surface area (Å²) in [6.45, 7) is 3.94. The molecule has 0 bridgehead atoms. The number of nitrogens with zero attached hydrogens (tertiary/aromatic N) is 3. The van der Waals surface area contributed by atoms with Crippen LogP contribution in [-0.2, 0) is 7.05 Å². The van der Waals surface area contributed by atoms with E-state index in [-0.39, 0.29) is 5.91 Å². The number of hydrogen-bond acceptors (Lipinski definition) is 4. The zero-order valence-electron chi connectivity index (χ0n) is 11.0. The van der Waals surface area contributed by atoms with Crippen molar-refractivity contribution >= 4 is 27.5 Å². The number of carbonyl (C=O) groups is 1. The Kier molecular flexibility index (Phi) is 3.41. The van der Waals surface area contributed by atoms with Crippen LogP contribution >= 0.6 is 11.3 Å². The number of rotatable bonds is 3. The largest absolute Gasteiger partial charge is 0.392 e. The molecule has 1 amide bonds. The molecule has 1 N–H and O–H groups in total. The zero-order valence-corrected chi connectivity index (χ0v) is 11.8. The molecule has 0 aromatic carbocycles. The second-order valence-corrected chi connectivity index (χ2v) is 5.60. The number of aryl methyl sites for hydroxylation is 2. The summed E-state index contributed by atoms with van der Waals surface area (Å²) in [4.78, 5) is 15.4. The SMILES string of the molecule is Cc1nn(C)c2sc(C(=O)N(C)CC(C)O)cc12. The summed E-state index contributed by atoms with van der Waals surface area (Å²) >= 11 is 1.44. The van der Waals surface area contributed by atoms with Gasteiger partial charge >= 0.3 is 0 Å². The highest BCUT2D eigenvalue weighted by molar-refractivity contribution is 7.20. The van der Waals surface area contributed by atoms with Gasteiger partial charge in [-0.3, -0.25) is 9.48 Å². The maximum absolute atomic E-state index is 12.2. The van der Waals surface area contributed by atoms with Crippen LogP contribution in [0.1, 0.15) is 22.3 Å². The van der Waals surface area contributed by atoms with E-state index in [1.165, 1.54) is 16.2 Å². The fourth-order valence-corrected chi connectivity index (χ4v) is 3.10. The van der Waals surface area contributed by atoms with Gasteiger partial charge in [-0.1, -0.05) is 0 Å². The second-order valence-electron chi connectivity index (χ2n) is 4.57. The highest BCUT2D eigenvalue weighted by atomic mass is 32.1. The van der Waals surface area contributed by atoms with Gasteiger partial charge in [-0.2, -0.15) is 5.10 Å². The van der Waals surface area contributed by atoms with E-state index in [2.05, 4.69) is 5.10 Å². The minimum atomic E-state index is -0.517. The average Bonchev–Trinajstić information content (AvgIpc) is 2.80. The molecule has 98 valence electrons. The summed E-state index contributed by atoms with van der Waals surface area (Å²) in [5.41, 5.74) is 0.931. The molecular weight excluding hydrogens is 250 g/mol. The van der Waals surface area contributed by atoms with E-state index in [9.17, 15) is 9.90 Å². The predicted octanol–water partition coefficient (Wildman–Crippen LogP) is 1.40. The lowest BCUT2D eigenvalue weighted by Gasteiger charge is -2.17. The number of aromatic nitrogens is 2. The van der Waals surface area contributed by atoms with Gasteiger partial charge in [0, 0.05) is 26.0 Å². The molecule has 6 heteroatoms. The molecule has 2 aromatic heterocycles. The fraction of sp³-hybridized carbons (Fsp3) is 0.500. The van der Waals surface area contributed by atoms with Gasteiger partial charge in [-0.15, -0.1) is 11.3 Å². The zero-order chi connectivity index (χ0) is 13.4. The van der Waals surface area contributed by atoms with E-state index in [1.54, 1.807) is 18.7 Å². The van der Waals surface area contributed by atoms with Gasteiger partial charge in [0.25, 0.3) is 5.91 Å². The van der Waals surface area contributed by atoms with E-state index in [0.717, 1.165) is 15.9 Å². The number of aliphatic hydroxyl groups excluding tert-OH is 1. The third-order valence-electron chi connectivity index (χ3n) is 2.79. The van der Waals surface area contributed by atoms with Crippen LogP contribution in [-0.4, -0.2) is 45.4 Å². The van der Waals surface area contributed by atoms with Gasteiger partial charge in [0.1, 0.15) is 4.83 Å². The van der Waals surface area contributed by atoms with Gasteiger partial charge in [-0.25, -0.2) is 0 Å². The number of hydrogen-bond donors (Lipinski definition) is 1. The van der Waals surface area contributed by atoms with E-state index in [4.69, 9.17) is 0 Å². The van der Waals surface area contributed by atoms with Gasteiger partial charge < -0.3 is 10.0 Å². The first-order chi connectivity index (χ1) is 8.40. The fourth-order valence-electron chi connectivity index (χ4n) is 1.98. The number of carbonyl (C=O) groups excluding carboxylic acids is 1. The Hall–Kier alpha value is -1.40. The van der Waals surface area contributed by atoms with Gasteiger partial charge in [-0.05, 0) is 19.9 Å². The van der Waals surface area contributed by atoms with Crippen molar-refractivity contribution in [1.29, 1.82) is 0 Å². The molecule has 0 saturated carbocycles. The van der Waals surface area contributed by atoms with E-state index in [0.29, 0.717) is 11.4 Å². The maximum atomic E-state index is 12.2. The Morgan fingerprint density at radius 2 is 2.33 bits per heavy atom. The van der Waals surface area contributed by atoms with Crippen LogP contribution in [0.15, 0.2) is 6.07 Å². The van der Waals surface area contributed by atoms with Crippen molar-refractivity contribution in [2.75, 3.05) is 13.6 Å². The van der Waals surface area contributed by atoms with Crippen molar-refractivity contribution in [3.63, 3.8) is 0 Å². The normalized spacial score (nSPS) is 12.9. The van der Waals surface area contributed by atoms with Gasteiger partial charge in [0.15, 0.2) is 0 Å². The minimum absolute atomic E-state index is 0.0588. The topological polar surface area (TPSA) is 58.4 Å². The summed E-state index contributed by atoms with van der Waals surface area (Å²) < 4.78 is 1.79. The molecule has 0 radical (unpaired) electrons. The van der Waals surface area contributed by atoms with Crippen LogP contribution in [0.3, 0.4) is 0 Å². The molecule has 0 aliphatic carbocycles. The molecule has 0 spiro atoms. The summed E-state index contributed by atoms with van der Waals surface area (Å²) in [6, 6.07) is 1.88. The van der Waals surface area contributed by atoms with Crippen LogP contribution < -0.4 is 0 Å². The van der Waals surface area contributed by atoms with Crippen molar-refractivity contribution in [2.45, 2.75) is 20.0 Å². The Bertz CT molecular complexity index is 551. The number of amides is 1. The quantitative estimate of drug-likeness (QED) is 0.914. The maximum Gasteiger partial charge on any atom is 0.263 e. The highest BCUT2D eigenvalue weighted by Gasteiger charge is 2.18. The number of fused-ring (bicyclic) bond motifs is 1. The van der Waals surface area contributed by atoms with Crippen molar-refractivity contribution in [2.24, 2.45) is 7.05 Å². The number of aliphatic hydroxyl groups is 1. The molecule has 18 heavy (non-hydrogen) atoms. The first-order valence-corrected chi connectivity index (χ1v) is 6.58. The van der Waals surface area contributed by atoms with Gasteiger partial charge in [0.2, 0.25) is 0 Å². The number of likely N-dealkylation sites (N-methyl/N-ethyl adjacent to an activating group) is 1. The van der Waals surface area contributed by atoms with Crippen LogP contribution in [0.2, 0.25) is 0 Å². The summed E-state index contributed by atoms with van der Waals surface area (Å²) in [5, 5.41) is 14.6. The van der Waals surface area contributed by atoms with Crippen LogP contribution in [0, 0.1) is 6.92 Å². The summed E-state index contributed by atoms with van der Waals surface area (Å²) in [6.07, 6.45) is -0.517. The molecule has 2 rings (SSSR count). The van der Waals surface area contributed by atoms with Crippen LogP contribution in [0.4, 0.5) is 0 Å². The van der Waals surface area contributed by atoms with Crippen molar-refractivity contribution in [3.05, 3.63) is 16.6 Å². The lowest BCUT2D eigenvalue weighted by atomic mass is 10.3. The molecule has 0 aliphatic heterocycles. The molecular formula is C12H17N3O2S. The van der Waals surface area contributed by atoms with Crippen LogP contribution in [0.5, 0.6) is 0 Å². The van der Waals surface area contributed by atoms with Crippen LogP contribution in [0.25, 0.3) is 10.2 Å². The molecule has 0 fully saturated rings. The molecule has 5 nitrogen and oxygen atoms in total. The third-order valence-corrected chi connectivity index (χ3v) is 3.98. The lowest BCUT2D eigenvalue weighted by molar-refractivity contribution is 0.0708. The van der Waals surface area contributed by atoms with Crippen molar-refractivity contribution in [1.82, 2.24) is 14.7 Å². The molecule has 0 aliphatic rings.